The molecule has 1 amide bonds. The molecule has 19 heavy (non-hydrogen) atoms. The first kappa shape index (κ1) is 12.1. The van der Waals surface area contributed by atoms with Gasteiger partial charge in [-0.2, -0.15) is 0 Å². The van der Waals surface area contributed by atoms with Gasteiger partial charge in [0.05, 0.1) is 5.92 Å². The summed E-state index contributed by atoms with van der Waals surface area (Å²) in [5.41, 5.74) is 0. The van der Waals surface area contributed by atoms with Gasteiger partial charge in [-0.25, -0.2) is 4.98 Å². The smallest absolute Gasteiger partial charge is 0.306 e. The number of hydrogen-bond acceptors (Lipinski definition) is 4. The number of aromatic nitrogens is 3. The van der Waals surface area contributed by atoms with Crippen LogP contribution in [-0.4, -0.2) is 38.2 Å². The Kier molecular flexibility index (Phi) is 2.96. The maximum absolute atomic E-state index is 11.9. The van der Waals surface area contributed by atoms with Crippen molar-refractivity contribution >= 4 is 11.9 Å². The van der Waals surface area contributed by atoms with Gasteiger partial charge < -0.3 is 10.4 Å². The minimum absolute atomic E-state index is 0.0866. The summed E-state index contributed by atoms with van der Waals surface area (Å²) in [5, 5.41) is 18.4. The van der Waals surface area contributed by atoms with Gasteiger partial charge in [-0.3, -0.25) is 14.7 Å². The molecule has 2 saturated carbocycles. The van der Waals surface area contributed by atoms with Crippen LogP contribution in [0.3, 0.4) is 0 Å². The van der Waals surface area contributed by atoms with E-state index in [-0.39, 0.29) is 23.7 Å². The van der Waals surface area contributed by atoms with Gasteiger partial charge in [0.15, 0.2) is 0 Å². The average Bonchev–Trinajstić information content (AvgIpc) is 2.92. The van der Waals surface area contributed by atoms with Gasteiger partial charge in [0.1, 0.15) is 5.82 Å². The quantitative estimate of drug-likeness (QED) is 0.740. The standard InChI is InChI=1S/C12H16N4O3/c17-11(10-14-9(15-16-10)6-1-2-6)13-8-4-3-7(5-8)12(18)19/h6-8H,1-5H2,(H,13,17)(H,18,19)(H,14,15,16)/t7-,8+/m1/s1. The second-order valence-corrected chi connectivity index (χ2v) is 5.34. The average molecular weight is 264 g/mol. The summed E-state index contributed by atoms with van der Waals surface area (Å²) in [6.07, 6.45) is 3.99. The van der Waals surface area contributed by atoms with Crippen LogP contribution in [0.25, 0.3) is 0 Å². The molecule has 7 heteroatoms. The zero-order chi connectivity index (χ0) is 13.4. The summed E-state index contributed by atoms with van der Waals surface area (Å²) in [5.74, 6) is -0.0955. The van der Waals surface area contributed by atoms with Gasteiger partial charge in [0, 0.05) is 12.0 Å². The normalized spacial score (nSPS) is 26.3. The Hall–Kier alpha value is -1.92. The Morgan fingerprint density at radius 3 is 2.68 bits per heavy atom. The molecular weight excluding hydrogens is 248 g/mol. The molecule has 3 rings (SSSR count). The van der Waals surface area contributed by atoms with E-state index in [9.17, 15) is 9.59 Å². The predicted molar refractivity (Wildman–Crippen MR) is 64.6 cm³/mol. The third-order valence-corrected chi connectivity index (χ3v) is 3.79. The summed E-state index contributed by atoms with van der Waals surface area (Å²) < 4.78 is 0. The third kappa shape index (κ3) is 2.59. The van der Waals surface area contributed by atoms with E-state index < -0.39 is 5.97 Å². The van der Waals surface area contributed by atoms with Crippen molar-refractivity contribution in [1.29, 1.82) is 0 Å². The number of H-pyrrole nitrogens is 1. The summed E-state index contributed by atoms with van der Waals surface area (Å²) in [7, 11) is 0. The molecular formula is C12H16N4O3. The number of hydrogen-bond donors (Lipinski definition) is 3. The van der Waals surface area contributed by atoms with E-state index in [1.54, 1.807) is 0 Å². The number of nitrogens with zero attached hydrogens (tertiary/aromatic N) is 2. The van der Waals surface area contributed by atoms with Gasteiger partial charge in [-0.1, -0.05) is 0 Å². The fourth-order valence-electron chi connectivity index (χ4n) is 2.50. The van der Waals surface area contributed by atoms with Crippen LogP contribution in [0, 0.1) is 5.92 Å². The first-order valence-electron chi connectivity index (χ1n) is 6.59. The Labute approximate surface area is 109 Å². The molecule has 0 bridgehead atoms. The number of carboxylic acid groups (broad SMARTS) is 1. The van der Waals surface area contributed by atoms with Crippen molar-refractivity contribution in [3.05, 3.63) is 11.6 Å². The van der Waals surface area contributed by atoms with Crippen molar-refractivity contribution in [2.24, 2.45) is 5.92 Å². The van der Waals surface area contributed by atoms with Gasteiger partial charge in [-0.15, -0.1) is 5.10 Å². The lowest BCUT2D eigenvalue weighted by Gasteiger charge is -2.10. The highest BCUT2D eigenvalue weighted by atomic mass is 16.4. The second kappa shape index (κ2) is 4.64. The Morgan fingerprint density at radius 2 is 2.05 bits per heavy atom. The van der Waals surface area contributed by atoms with Gasteiger partial charge in [-0.05, 0) is 32.1 Å². The minimum Gasteiger partial charge on any atom is -0.481 e. The van der Waals surface area contributed by atoms with Crippen molar-refractivity contribution in [2.75, 3.05) is 0 Å². The van der Waals surface area contributed by atoms with Crippen molar-refractivity contribution < 1.29 is 14.7 Å². The molecule has 102 valence electrons. The van der Waals surface area contributed by atoms with Crippen LogP contribution in [0.1, 0.15) is 54.5 Å². The van der Waals surface area contributed by atoms with Crippen molar-refractivity contribution in [3.63, 3.8) is 0 Å². The van der Waals surface area contributed by atoms with Crippen LogP contribution in [0.4, 0.5) is 0 Å². The molecule has 7 nitrogen and oxygen atoms in total. The molecule has 1 heterocycles. The van der Waals surface area contributed by atoms with Crippen LogP contribution in [0.5, 0.6) is 0 Å². The summed E-state index contributed by atoms with van der Waals surface area (Å²) in [6, 6.07) is -0.0866. The van der Waals surface area contributed by atoms with Crippen molar-refractivity contribution in [2.45, 2.75) is 44.1 Å². The molecule has 2 aliphatic rings. The van der Waals surface area contributed by atoms with Crippen LogP contribution in [-0.2, 0) is 4.79 Å². The lowest BCUT2D eigenvalue weighted by atomic mass is 10.1. The molecule has 0 spiro atoms. The van der Waals surface area contributed by atoms with Gasteiger partial charge in [0.25, 0.3) is 5.91 Å². The minimum atomic E-state index is -0.786. The van der Waals surface area contributed by atoms with Crippen LogP contribution >= 0.6 is 0 Å². The summed E-state index contributed by atoms with van der Waals surface area (Å²) in [6.45, 7) is 0. The van der Waals surface area contributed by atoms with E-state index in [1.165, 1.54) is 0 Å². The number of carbonyl (C=O) groups is 2. The third-order valence-electron chi connectivity index (χ3n) is 3.79. The molecule has 0 unspecified atom stereocenters. The maximum Gasteiger partial charge on any atom is 0.306 e. The second-order valence-electron chi connectivity index (χ2n) is 5.34. The van der Waals surface area contributed by atoms with E-state index in [2.05, 4.69) is 20.5 Å². The van der Waals surface area contributed by atoms with Gasteiger partial charge >= 0.3 is 5.97 Å². The van der Waals surface area contributed by atoms with Crippen molar-refractivity contribution in [3.8, 4) is 0 Å². The Bertz CT molecular complexity index is 509. The Morgan fingerprint density at radius 1 is 1.26 bits per heavy atom. The molecule has 0 aliphatic heterocycles. The first-order valence-corrected chi connectivity index (χ1v) is 6.59. The van der Waals surface area contributed by atoms with E-state index in [1.807, 2.05) is 0 Å². The molecule has 2 fully saturated rings. The molecule has 2 aliphatic carbocycles. The lowest BCUT2D eigenvalue weighted by Crippen LogP contribution is -2.34. The topological polar surface area (TPSA) is 108 Å². The van der Waals surface area contributed by atoms with E-state index in [0.717, 1.165) is 18.7 Å². The summed E-state index contributed by atoms with van der Waals surface area (Å²) in [4.78, 5) is 26.9. The fourth-order valence-corrected chi connectivity index (χ4v) is 2.50. The predicted octanol–water partition coefficient (Wildman–Crippen LogP) is 0.665. The highest BCUT2D eigenvalue weighted by molar-refractivity contribution is 5.90. The zero-order valence-electron chi connectivity index (χ0n) is 10.4. The highest BCUT2D eigenvalue weighted by Gasteiger charge is 2.32. The van der Waals surface area contributed by atoms with Crippen LogP contribution < -0.4 is 5.32 Å². The lowest BCUT2D eigenvalue weighted by molar-refractivity contribution is -0.141. The molecule has 0 saturated heterocycles. The molecule has 0 radical (unpaired) electrons. The SMILES string of the molecule is O=C(N[C@H]1CC[C@@H](C(=O)O)C1)c1n[nH]c(C2CC2)n1. The van der Waals surface area contributed by atoms with E-state index >= 15 is 0 Å². The largest absolute Gasteiger partial charge is 0.481 e. The molecule has 1 aromatic rings. The molecule has 1 aromatic heterocycles. The van der Waals surface area contributed by atoms with E-state index in [0.29, 0.717) is 25.2 Å². The summed E-state index contributed by atoms with van der Waals surface area (Å²) >= 11 is 0. The number of nitrogens with one attached hydrogen (secondary N) is 2. The number of aromatic amines is 1. The molecule has 0 aromatic carbocycles. The number of carboxylic acids is 1. The monoisotopic (exact) mass is 264 g/mol. The zero-order valence-corrected chi connectivity index (χ0v) is 10.4. The number of rotatable bonds is 4. The molecule has 3 N–H and O–H groups in total. The van der Waals surface area contributed by atoms with E-state index in [4.69, 9.17) is 5.11 Å². The van der Waals surface area contributed by atoms with Gasteiger partial charge in [0.2, 0.25) is 5.82 Å². The Balaban J connectivity index is 1.57. The van der Waals surface area contributed by atoms with Crippen LogP contribution in [0.2, 0.25) is 0 Å². The van der Waals surface area contributed by atoms with Crippen LogP contribution in [0.15, 0.2) is 0 Å². The number of aliphatic carboxylic acids is 1. The molecule has 2 atom stereocenters. The van der Waals surface area contributed by atoms with Crippen molar-refractivity contribution in [1.82, 2.24) is 20.5 Å². The first-order chi connectivity index (χ1) is 9.13. The fraction of sp³-hybridized carbons (Fsp3) is 0.667. The number of amides is 1. The maximum atomic E-state index is 11.9. The highest BCUT2D eigenvalue weighted by Crippen LogP contribution is 2.37. The number of carbonyl (C=O) groups excluding carboxylic acids is 1.